The topological polar surface area (TPSA) is 0 Å². The second-order valence-electron chi connectivity index (χ2n) is 7.76. The predicted molar refractivity (Wildman–Crippen MR) is 172 cm³/mol. The number of hydrogen-bond donors (Lipinski definition) is 0. The van der Waals surface area contributed by atoms with E-state index in [9.17, 15) is 0 Å². The van der Waals surface area contributed by atoms with Crippen LogP contribution in [0.1, 0.15) is 0 Å². The van der Waals surface area contributed by atoms with E-state index in [1.165, 1.54) is 31.8 Å². The molecule has 0 heterocycles. The molecule has 0 aliphatic carbocycles. The van der Waals surface area contributed by atoms with Gasteiger partial charge in [0.2, 0.25) is 0 Å². The SMILES string of the molecule is [CH3-].[CH3-].[CH3-].[CH3-].[Pt+4].c1ccc([PH+](c2ccccc2)c2ccccc2[PH+](c2ccccc2)c2ccccc2)cc1. The Morgan fingerprint density at radius 1 is 0.270 bits per heavy atom. The van der Waals surface area contributed by atoms with Crippen LogP contribution in [0.3, 0.4) is 0 Å². The molecule has 0 aliphatic heterocycles. The van der Waals surface area contributed by atoms with E-state index in [1.54, 1.807) is 0 Å². The van der Waals surface area contributed by atoms with Gasteiger partial charge in [0.15, 0.2) is 0 Å². The Bertz CT molecular complexity index is 1080. The average molecular weight is 704 g/mol. The molecular weight excluding hydrogens is 665 g/mol. The summed E-state index contributed by atoms with van der Waals surface area (Å²) in [5.74, 6) is 0. The zero-order valence-electron chi connectivity index (χ0n) is 22.2. The van der Waals surface area contributed by atoms with E-state index in [-0.39, 0.29) is 50.8 Å². The van der Waals surface area contributed by atoms with Crippen LogP contribution in [0, 0.1) is 29.7 Å². The second kappa shape index (κ2) is 17.2. The summed E-state index contributed by atoms with van der Waals surface area (Å²) >= 11 is 0. The van der Waals surface area contributed by atoms with E-state index in [0.717, 1.165) is 0 Å². The Morgan fingerprint density at radius 3 is 0.676 bits per heavy atom. The molecule has 3 heteroatoms. The molecule has 5 aromatic carbocycles. The minimum atomic E-state index is -1.14. The van der Waals surface area contributed by atoms with Crippen LogP contribution in [0.15, 0.2) is 146 Å². The molecule has 0 atom stereocenters. The fraction of sp³-hybridized carbons (Fsp3) is 0. The van der Waals surface area contributed by atoms with Gasteiger partial charge in [-0.15, -0.1) is 0 Å². The van der Waals surface area contributed by atoms with Crippen LogP contribution in [0.5, 0.6) is 0 Å². The van der Waals surface area contributed by atoms with Crippen molar-refractivity contribution < 1.29 is 21.1 Å². The molecule has 0 radical (unpaired) electrons. The van der Waals surface area contributed by atoms with Crippen LogP contribution < -0.4 is 31.8 Å². The van der Waals surface area contributed by atoms with Crippen molar-refractivity contribution in [3.63, 3.8) is 0 Å². The Balaban J connectivity index is 0.00000259. The van der Waals surface area contributed by atoms with Crippen LogP contribution in [0.2, 0.25) is 0 Å². The van der Waals surface area contributed by atoms with Crippen molar-refractivity contribution in [2.75, 3.05) is 0 Å². The summed E-state index contributed by atoms with van der Waals surface area (Å²) in [6.45, 7) is 0. The quantitative estimate of drug-likeness (QED) is 0.141. The van der Waals surface area contributed by atoms with Gasteiger partial charge in [-0.3, -0.25) is 0 Å². The molecular formula is C34H38P2Pt+2. The molecule has 0 fully saturated rings. The molecule has 0 spiro atoms. The first-order valence-electron chi connectivity index (χ1n) is 11.0. The van der Waals surface area contributed by atoms with Crippen LogP contribution >= 0.6 is 15.8 Å². The molecule has 0 N–H and O–H groups in total. The monoisotopic (exact) mass is 703 g/mol. The van der Waals surface area contributed by atoms with E-state index < -0.39 is 15.8 Å². The summed E-state index contributed by atoms with van der Waals surface area (Å²) in [5, 5.41) is 8.71. The van der Waals surface area contributed by atoms with Gasteiger partial charge in [-0.2, -0.15) is 0 Å². The van der Waals surface area contributed by atoms with E-state index in [1.807, 2.05) is 0 Å². The molecule has 0 saturated heterocycles. The van der Waals surface area contributed by atoms with Gasteiger partial charge in [-0.05, 0) is 60.7 Å². The normalized spacial score (nSPS) is 9.57. The van der Waals surface area contributed by atoms with Gasteiger partial charge in [0.25, 0.3) is 0 Å². The number of rotatable bonds is 6. The Hall–Kier alpha value is -2.35. The van der Waals surface area contributed by atoms with Crippen LogP contribution in [0.4, 0.5) is 0 Å². The van der Waals surface area contributed by atoms with Crippen LogP contribution in [-0.4, -0.2) is 0 Å². The van der Waals surface area contributed by atoms with Gasteiger partial charge in [0.1, 0.15) is 47.7 Å². The van der Waals surface area contributed by atoms with Gasteiger partial charge < -0.3 is 29.7 Å². The summed E-state index contributed by atoms with van der Waals surface area (Å²) in [6.07, 6.45) is 0. The number of hydrogen-bond acceptors (Lipinski definition) is 0. The standard InChI is InChI=1S/C30H24P2.4CH3.Pt/c1-5-15-25(16-6-1)31(26-17-7-2-8-18-26)29-23-13-14-24-30(29)32(27-19-9-3-10-20-27)28-21-11-4-12-22-28;;;;;/h1-24H;4*1H3;/q;4*-1;+4/p+2. The predicted octanol–water partition coefficient (Wildman–Crippen LogP) is 6.47. The molecule has 5 aromatic rings. The first-order valence-corrected chi connectivity index (χ1v) is 14.0. The molecule has 0 saturated carbocycles. The van der Waals surface area contributed by atoms with Crippen molar-refractivity contribution in [1.29, 1.82) is 0 Å². The maximum absolute atomic E-state index is 2.38. The zero-order valence-corrected chi connectivity index (χ0v) is 26.4. The summed E-state index contributed by atoms with van der Waals surface area (Å²) < 4.78 is 0. The molecule has 37 heavy (non-hydrogen) atoms. The van der Waals surface area contributed by atoms with Crippen molar-refractivity contribution >= 4 is 47.7 Å². The molecule has 0 amide bonds. The zero-order chi connectivity index (χ0) is 21.6. The van der Waals surface area contributed by atoms with Crippen molar-refractivity contribution in [3.05, 3.63) is 175 Å². The average Bonchev–Trinajstić information content (AvgIpc) is 2.88. The molecule has 0 bridgehead atoms. The van der Waals surface area contributed by atoms with Gasteiger partial charge in [-0.25, -0.2) is 0 Å². The number of benzene rings is 5. The molecule has 5 rings (SSSR count). The Kier molecular flexibility index (Phi) is 16.1. The fourth-order valence-corrected chi connectivity index (χ4v) is 10.3. The summed E-state index contributed by atoms with van der Waals surface area (Å²) in [4.78, 5) is 0. The van der Waals surface area contributed by atoms with E-state index >= 15 is 0 Å². The largest absolute Gasteiger partial charge is 4.00 e. The smallest absolute Gasteiger partial charge is 0.358 e. The third-order valence-corrected chi connectivity index (χ3v) is 11.6. The van der Waals surface area contributed by atoms with E-state index in [0.29, 0.717) is 0 Å². The Labute approximate surface area is 243 Å². The summed E-state index contributed by atoms with van der Waals surface area (Å²) in [6, 6.07) is 53.4. The van der Waals surface area contributed by atoms with Crippen molar-refractivity contribution in [2.45, 2.75) is 0 Å². The molecule has 0 aromatic heterocycles. The van der Waals surface area contributed by atoms with Crippen LogP contribution in [0.25, 0.3) is 0 Å². The van der Waals surface area contributed by atoms with Gasteiger partial charge in [0, 0.05) is 0 Å². The summed E-state index contributed by atoms with van der Waals surface area (Å²) in [7, 11) is -2.28. The molecule has 0 unspecified atom stereocenters. The van der Waals surface area contributed by atoms with Crippen molar-refractivity contribution in [3.8, 4) is 0 Å². The Morgan fingerprint density at radius 2 is 0.459 bits per heavy atom. The van der Waals surface area contributed by atoms with Crippen LogP contribution in [-0.2, 0) is 21.1 Å². The molecule has 0 nitrogen and oxygen atoms in total. The van der Waals surface area contributed by atoms with E-state index in [4.69, 9.17) is 0 Å². The van der Waals surface area contributed by atoms with E-state index in [2.05, 4.69) is 146 Å². The molecule has 192 valence electrons. The minimum absolute atomic E-state index is 0. The van der Waals surface area contributed by atoms with Gasteiger partial charge in [-0.1, -0.05) is 84.9 Å². The maximum Gasteiger partial charge on any atom is 4.00 e. The summed E-state index contributed by atoms with van der Waals surface area (Å²) in [5.41, 5.74) is 0. The maximum atomic E-state index is 2.38. The van der Waals surface area contributed by atoms with Crippen molar-refractivity contribution in [2.24, 2.45) is 0 Å². The van der Waals surface area contributed by atoms with Gasteiger partial charge >= 0.3 is 21.1 Å². The van der Waals surface area contributed by atoms with Gasteiger partial charge in [0.05, 0.1) is 0 Å². The van der Waals surface area contributed by atoms with Crippen molar-refractivity contribution in [1.82, 2.24) is 0 Å². The molecule has 0 aliphatic rings. The third kappa shape index (κ3) is 8.06. The third-order valence-electron chi connectivity index (χ3n) is 5.72. The second-order valence-corrected chi connectivity index (χ2v) is 12.6. The first kappa shape index (κ1) is 34.6. The fourth-order valence-electron chi connectivity index (χ4n) is 4.29. The first-order chi connectivity index (χ1) is 15.9. The minimum Gasteiger partial charge on any atom is -0.358 e.